The molecular formula is C33H38ClN9O5. The molecular weight excluding hydrogens is 638 g/mol. The second kappa shape index (κ2) is 14.8. The first kappa shape index (κ1) is 34.3. The van der Waals surface area contributed by atoms with Crippen LogP contribution in [-0.4, -0.2) is 96.1 Å². The molecule has 0 spiro atoms. The van der Waals surface area contributed by atoms with E-state index >= 15 is 0 Å². The minimum absolute atomic E-state index is 0. The number of nitrogens with zero attached hydrogens (tertiary/aromatic N) is 7. The number of ether oxygens (including phenoxy) is 1. The molecule has 1 fully saturated rings. The minimum Gasteiger partial charge on any atom is -0.480 e. The molecule has 252 valence electrons. The van der Waals surface area contributed by atoms with Crippen molar-refractivity contribution in [2.75, 3.05) is 33.3 Å². The predicted molar refractivity (Wildman–Crippen MR) is 180 cm³/mol. The van der Waals surface area contributed by atoms with Gasteiger partial charge in [-0.2, -0.15) is 0 Å². The SMILES string of the molecule is COC(=O)[C@H](Cc1c[nH]c2ccccc12)n1cc(-c2cc(C(=O)N3CCNCC3)cc(-c3cn([C@@H](CC(C)C)C(=O)O)nn3)c2)nn1.Cl. The van der Waals surface area contributed by atoms with Gasteiger partial charge >= 0.3 is 11.9 Å². The molecule has 0 aliphatic carbocycles. The van der Waals surface area contributed by atoms with Crippen LogP contribution >= 0.6 is 12.4 Å². The van der Waals surface area contributed by atoms with Crippen LogP contribution in [0.25, 0.3) is 33.4 Å². The lowest BCUT2D eigenvalue weighted by atomic mass is 10.0. The molecule has 0 unspecified atom stereocenters. The number of amides is 1. The van der Waals surface area contributed by atoms with Gasteiger partial charge in [-0.05, 0) is 42.2 Å². The van der Waals surface area contributed by atoms with Gasteiger partial charge in [0.2, 0.25) is 0 Å². The third-order valence-corrected chi connectivity index (χ3v) is 8.38. The number of para-hydroxylation sites is 1. The second-order valence-corrected chi connectivity index (χ2v) is 12.1. The van der Waals surface area contributed by atoms with Gasteiger partial charge in [-0.15, -0.1) is 22.6 Å². The van der Waals surface area contributed by atoms with Crippen LogP contribution in [0.4, 0.5) is 0 Å². The number of esters is 1. The van der Waals surface area contributed by atoms with Crippen molar-refractivity contribution >= 4 is 41.2 Å². The summed E-state index contributed by atoms with van der Waals surface area (Å²) in [6.07, 6.45) is 5.82. The highest BCUT2D eigenvalue weighted by Crippen LogP contribution is 2.30. The molecule has 1 amide bonds. The average Bonchev–Trinajstić information content (AvgIpc) is 3.86. The Hall–Kier alpha value is -5.08. The Labute approximate surface area is 282 Å². The molecule has 15 heteroatoms. The lowest BCUT2D eigenvalue weighted by molar-refractivity contribution is -0.145. The molecule has 1 saturated heterocycles. The van der Waals surface area contributed by atoms with Gasteiger partial charge in [0.25, 0.3) is 5.91 Å². The van der Waals surface area contributed by atoms with Crippen molar-refractivity contribution in [3.05, 3.63) is 72.2 Å². The van der Waals surface area contributed by atoms with Crippen LogP contribution in [0.3, 0.4) is 0 Å². The number of fused-ring (bicyclic) bond motifs is 1. The maximum absolute atomic E-state index is 13.7. The molecule has 2 atom stereocenters. The number of aromatic amines is 1. The lowest BCUT2D eigenvalue weighted by Crippen LogP contribution is -2.46. The number of carboxylic acid groups (broad SMARTS) is 1. The number of nitrogens with one attached hydrogen (secondary N) is 2. The quantitative estimate of drug-likeness (QED) is 0.175. The van der Waals surface area contributed by atoms with Gasteiger partial charge in [0.05, 0.1) is 19.5 Å². The molecule has 6 rings (SSSR count). The Morgan fingerprint density at radius 1 is 0.938 bits per heavy atom. The van der Waals surface area contributed by atoms with E-state index in [4.69, 9.17) is 4.74 Å². The number of hydrogen-bond donors (Lipinski definition) is 3. The van der Waals surface area contributed by atoms with Crippen molar-refractivity contribution in [2.24, 2.45) is 5.92 Å². The van der Waals surface area contributed by atoms with Crippen molar-refractivity contribution in [1.82, 2.24) is 45.2 Å². The first-order valence-corrected chi connectivity index (χ1v) is 15.6. The normalized spacial score (nSPS) is 14.5. The lowest BCUT2D eigenvalue weighted by Gasteiger charge is -2.27. The fourth-order valence-corrected chi connectivity index (χ4v) is 5.92. The fourth-order valence-electron chi connectivity index (χ4n) is 5.92. The molecule has 1 aliphatic rings. The van der Waals surface area contributed by atoms with Gasteiger partial charge < -0.3 is 25.0 Å². The van der Waals surface area contributed by atoms with Crippen LogP contribution in [-0.2, 0) is 20.7 Å². The number of carboxylic acids is 1. The summed E-state index contributed by atoms with van der Waals surface area (Å²) in [4.78, 5) is 43.8. The summed E-state index contributed by atoms with van der Waals surface area (Å²) < 4.78 is 7.98. The number of aromatic nitrogens is 7. The van der Waals surface area contributed by atoms with Crippen molar-refractivity contribution < 1.29 is 24.2 Å². The van der Waals surface area contributed by atoms with Crippen molar-refractivity contribution in [3.8, 4) is 22.5 Å². The zero-order valence-corrected chi connectivity index (χ0v) is 27.7. The van der Waals surface area contributed by atoms with Crippen LogP contribution in [0.15, 0.2) is 61.1 Å². The molecule has 5 aromatic rings. The van der Waals surface area contributed by atoms with E-state index in [1.807, 2.05) is 50.4 Å². The van der Waals surface area contributed by atoms with Gasteiger partial charge in [0.15, 0.2) is 12.1 Å². The fraction of sp³-hybridized carbons (Fsp3) is 0.364. The van der Waals surface area contributed by atoms with Crippen molar-refractivity contribution in [2.45, 2.75) is 38.8 Å². The Kier molecular flexibility index (Phi) is 10.5. The Bertz CT molecular complexity index is 1910. The molecule has 0 radical (unpaired) electrons. The van der Waals surface area contributed by atoms with E-state index in [-0.39, 0.29) is 24.2 Å². The number of halogens is 1. The first-order chi connectivity index (χ1) is 22.7. The first-order valence-electron chi connectivity index (χ1n) is 15.6. The monoisotopic (exact) mass is 675 g/mol. The van der Waals surface area contributed by atoms with Crippen LogP contribution in [0.5, 0.6) is 0 Å². The van der Waals surface area contributed by atoms with Gasteiger partial charge in [0.1, 0.15) is 11.4 Å². The summed E-state index contributed by atoms with van der Waals surface area (Å²) in [7, 11) is 1.34. The Balaban J connectivity index is 0.00000451. The zero-order valence-electron chi connectivity index (χ0n) is 26.9. The number of benzene rings is 2. The zero-order chi connectivity index (χ0) is 33.1. The standard InChI is InChI=1S/C33H37N9O5.ClH/c1-20(2)12-29(32(44)45)41-18-27(36-38-41)21-13-22(15-23(14-21)31(43)40-10-8-34-9-11-40)28-19-42(39-37-28)30(33(46)47-3)16-24-17-35-26-7-5-4-6-25(24)26;/h4-7,13-15,17-20,29-30,34-35H,8-12,16H2,1-3H3,(H,44,45);1H/t29-,30-;/m0./s1. The summed E-state index contributed by atoms with van der Waals surface area (Å²) in [5, 5.41) is 31.3. The molecule has 4 heterocycles. The van der Waals surface area contributed by atoms with Gasteiger partial charge in [-0.1, -0.05) is 42.5 Å². The topological polar surface area (TPSA) is 173 Å². The van der Waals surface area contributed by atoms with Crippen LogP contribution in [0, 0.1) is 5.92 Å². The van der Waals surface area contributed by atoms with Gasteiger partial charge in [-0.25, -0.2) is 19.0 Å². The highest BCUT2D eigenvalue weighted by atomic mass is 35.5. The molecule has 3 aromatic heterocycles. The Morgan fingerprint density at radius 2 is 1.56 bits per heavy atom. The summed E-state index contributed by atoms with van der Waals surface area (Å²) in [5.41, 5.74) is 4.30. The average molecular weight is 676 g/mol. The maximum atomic E-state index is 13.7. The molecule has 2 aromatic carbocycles. The van der Waals surface area contributed by atoms with Crippen LogP contribution in [0.2, 0.25) is 0 Å². The Morgan fingerprint density at radius 3 is 2.17 bits per heavy atom. The molecule has 14 nitrogen and oxygen atoms in total. The maximum Gasteiger partial charge on any atom is 0.331 e. The summed E-state index contributed by atoms with van der Waals surface area (Å²) >= 11 is 0. The van der Waals surface area contributed by atoms with E-state index in [0.717, 1.165) is 16.5 Å². The number of H-pyrrole nitrogens is 1. The number of rotatable bonds is 11. The smallest absolute Gasteiger partial charge is 0.331 e. The van der Waals surface area contributed by atoms with E-state index < -0.39 is 24.0 Å². The van der Waals surface area contributed by atoms with Crippen LogP contribution < -0.4 is 5.32 Å². The summed E-state index contributed by atoms with van der Waals surface area (Å²) in [5.74, 6) is -1.49. The van der Waals surface area contributed by atoms with E-state index in [0.29, 0.717) is 67.1 Å². The third-order valence-electron chi connectivity index (χ3n) is 8.38. The highest BCUT2D eigenvalue weighted by molar-refractivity contribution is 5.97. The number of piperazine rings is 1. The number of carbonyl (C=O) groups is 3. The second-order valence-electron chi connectivity index (χ2n) is 12.1. The van der Waals surface area contributed by atoms with E-state index in [1.165, 1.54) is 16.5 Å². The minimum atomic E-state index is -0.997. The molecule has 0 bridgehead atoms. The molecule has 0 saturated carbocycles. The van der Waals surface area contributed by atoms with Crippen molar-refractivity contribution in [3.63, 3.8) is 0 Å². The van der Waals surface area contributed by atoms with Crippen LogP contribution in [0.1, 0.15) is 48.3 Å². The molecule has 3 N–H and O–H groups in total. The van der Waals surface area contributed by atoms with Gasteiger partial charge in [0, 0.05) is 66.4 Å². The number of aliphatic carboxylic acids is 1. The van der Waals surface area contributed by atoms with Crippen molar-refractivity contribution in [1.29, 1.82) is 0 Å². The number of methoxy groups -OCH3 is 1. The number of hydrogen-bond acceptors (Lipinski definition) is 9. The largest absolute Gasteiger partial charge is 0.480 e. The number of carbonyl (C=O) groups excluding carboxylic acids is 2. The van der Waals surface area contributed by atoms with E-state index in [9.17, 15) is 19.5 Å². The summed E-state index contributed by atoms with van der Waals surface area (Å²) in [6.45, 7) is 6.41. The van der Waals surface area contributed by atoms with E-state index in [2.05, 4.69) is 30.9 Å². The molecule has 48 heavy (non-hydrogen) atoms. The molecule has 1 aliphatic heterocycles. The predicted octanol–water partition coefficient (Wildman–Crippen LogP) is 3.78. The van der Waals surface area contributed by atoms with Gasteiger partial charge in [-0.3, -0.25) is 4.79 Å². The highest BCUT2D eigenvalue weighted by Gasteiger charge is 2.27. The van der Waals surface area contributed by atoms with E-state index in [1.54, 1.807) is 29.4 Å². The summed E-state index contributed by atoms with van der Waals surface area (Å²) in [6, 6.07) is 11.5. The third kappa shape index (κ3) is 7.24.